The van der Waals surface area contributed by atoms with E-state index in [-0.39, 0.29) is 24.0 Å². The van der Waals surface area contributed by atoms with Crippen molar-refractivity contribution in [1.82, 2.24) is 4.90 Å². The minimum absolute atomic E-state index is 0.0184. The van der Waals surface area contributed by atoms with E-state index in [2.05, 4.69) is 65.7 Å². The molecule has 0 fully saturated rings. The van der Waals surface area contributed by atoms with Crippen molar-refractivity contribution >= 4 is 0 Å². The molecular formula is C19H33NO2. The molecule has 126 valence electrons. The Morgan fingerprint density at radius 3 is 2.23 bits per heavy atom. The van der Waals surface area contributed by atoms with Gasteiger partial charge in [0.1, 0.15) is 5.75 Å². The molecule has 1 rings (SSSR count). The Morgan fingerprint density at radius 1 is 1.23 bits per heavy atom. The van der Waals surface area contributed by atoms with Crippen molar-refractivity contribution in [2.75, 3.05) is 27.3 Å². The lowest BCUT2D eigenvalue weighted by Crippen LogP contribution is -2.29. The number of aliphatic hydroxyl groups is 1. The molecule has 0 radical (unpaired) electrons. The predicted molar refractivity (Wildman–Crippen MR) is 93.7 cm³/mol. The fraction of sp³-hybridized carbons (Fsp3) is 0.684. The molecule has 0 heterocycles. The molecule has 0 amide bonds. The molecule has 0 aromatic heterocycles. The van der Waals surface area contributed by atoms with Crippen LogP contribution in [0.1, 0.15) is 57.4 Å². The highest BCUT2D eigenvalue weighted by atomic mass is 16.5. The van der Waals surface area contributed by atoms with Gasteiger partial charge in [0, 0.05) is 23.8 Å². The summed E-state index contributed by atoms with van der Waals surface area (Å²) >= 11 is 0. The Morgan fingerprint density at radius 2 is 1.82 bits per heavy atom. The normalized spacial score (nSPS) is 15.0. The van der Waals surface area contributed by atoms with Crippen LogP contribution in [0.4, 0.5) is 0 Å². The number of hydrogen-bond donors (Lipinski definition) is 1. The van der Waals surface area contributed by atoms with Crippen molar-refractivity contribution in [1.29, 1.82) is 0 Å². The quantitative estimate of drug-likeness (QED) is 0.864. The van der Waals surface area contributed by atoms with Crippen LogP contribution in [-0.2, 0) is 5.41 Å². The van der Waals surface area contributed by atoms with Gasteiger partial charge in [0.2, 0.25) is 0 Å². The van der Waals surface area contributed by atoms with Crippen molar-refractivity contribution in [3.05, 3.63) is 28.8 Å². The number of nitrogens with zero attached hydrogens (tertiary/aromatic N) is 1. The lowest BCUT2D eigenvalue weighted by atomic mass is 9.81. The molecule has 1 N–H and O–H groups in total. The maximum atomic E-state index is 9.67. The van der Waals surface area contributed by atoms with E-state index in [9.17, 15) is 5.11 Å². The van der Waals surface area contributed by atoms with Crippen molar-refractivity contribution < 1.29 is 9.84 Å². The van der Waals surface area contributed by atoms with Crippen molar-refractivity contribution in [3.63, 3.8) is 0 Å². The average molecular weight is 307 g/mol. The van der Waals surface area contributed by atoms with Crippen LogP contribution in [0.15, 0.2) is 12.1 Å². The second kappa shape index (κ2) is 7.47. The average Bonchev–Trinajstić information content (AvgIpc) is 2.39. The summed E-state index contributed by atoms with van der Waals surface area (Å²) in [5.41, 5.74) is 3.67. The molecule has 22 heavy (non-hydrogen) atoms. The highest BCUT2D eigenvalue weighted by Gasteiger charge is 2.29. The predicted octanol–water partition coefficient (Wildman–Crippen LogP) is 3.92. The van der Waals surface area contributed by atoms with Gasteiger partial charge in [0.25, 0.3) is 0 Å². The molecular weight excluding hydrogens is 274 g/mol. The van der Waals surface area contributed by atoms with Crippen LogP contribution in [0.5, 0.6) is 5.75 Å². The molecule has 0 aliphatic heterocycles. The Kier molecular flexibility index (Phi) is 6.45. The number of aliphatic hydroxyl groups excluding tert-OH is 1. The van der Waals surface area contributed by atoms with Crippen molar-refractivity contribution in [2.45, 2.75) is 53.0 Å². The zero-order valence-corrected chi connectivity index (χ0v) is 15.5. The Labute approximate surface area is 136 Å². The summed E-state index contributed by atoms with van der Waals surface area (Å²) in [6, 6.07) is 4.56. The smallest absolute Gasteiger partial charge is 0.127 e. The molecule has 0 saturated heterocycles. The van der Waals surface area contributed by atoms with Gasteiger partial charge in [-0.3, -0.25) is 0 Å². The van der Waals surface area contributed by atoms with Crippen LogP contribution >= 0.6 is 0 Å². The van der Waals surface area contributed by atoms with E-state index in [1.54, 1.807) is 0 Å². The summed E-state index contributed by atoms with van der Waals surface area (Å²) in [5, 5.41) is 9.67. The van der Waals surface area contributed by atoms with Crippen LogP contribution in [0.25, 0.3) is 0 Å². The molecule has 0 saturated carbocycles. The van der Waals surface area contributed by atoms with Gasteiger partial charge in [-0.25, -0.2) is 0 Å². The van der Waals surface area contributed by atoms with Gasteiger partial charge in [-0.1, -0.05) is 45.4 Å². The summed E-state index contributed by atoms with van der Waals surface area (Å²) in [7, 11) is 4.12. The minimum Gasteiger partial charge on any atom is -0.493 e. The Hall–Kier alpha value is -1.06. The molecule has 0 bridgehead atoms. The third kappa shape index (κ3) is 4.23. The molecule has 1 aromatic rings. The van der Waals surface area contributed by atoms with E-state index in [4.69, 9.17) is 4.74 Å². The van der Waals surface area contributed by atoms with Crippen LogP contribution in [0.2, 0.25) is 0 Å². The maximum absolute atomic E-state index is 9.67. The second-order valence-electron chi connectivity index (χ2n) is 7.48. The van der Waals surface area contributed by atoms with Crippen molar-refractivity contribution in [2.24, 2.45) is 5.92 Å². The third-order valence-electron chi connectivity index (χ3n) is 4.06. The third-order valence-corrected chi connectivity index (χ3v) is 4.06. The zero-order chi connectivity index (χ0) is 17.1. The van der Waals surface area contributed by atoms with E-state index in [1.165, 1.54) is 16.7 Å². The first-order valence-electron chi connectivity index (χ1n) is 8.18. The van der Waals surface area contributed by atoms with Gasteiger partial charge in [-0.15, -0.1) is 0 Å². The largest absolute Gasteiger partial charge is 0.493 e. The number of rotatable bonds is 6. The van der Waals surface area contributed by atoms with Crippen LogP contribution in [0.3, 0.4) is 0 Å². The highest BCUT2D eigenvalue weighted by Crippen LogP contribution is 2.41. The summed E-state index contributed by atoms with van der Waals surface area (Å²) in [5.74, 6) is 1.13. The van der Waals surface area contributed by atoms with Crippen molar-refractivity contribution in [3.8, 4) is 5.75 Å². The van der Waals surface area contributed by atoms with E-state index in [0.717, 1.165) is 5.75 Å². The van der Waals surface area contributed by atoms with Gasteiger partial charge in [-0.2, -0.15) is 0 Å². The summed E-state index contributed by atoms with van der Waals surface area (Å²) < 4.78 is 6.07. The van der Waals surface area contributed by atoms with E-state index in [1.807, 2.05) is 6.92 Å². The van der Waals surface area contributed by atoms with E-state index >= 15 is 0 Å². The molecule has 0 aliphatic carbocycles. The monoisotopic (exact) mass is 307 g/mol. The summed E-state index contributed by atoms with van der Waals surface area (Å²) in [4.78, 5) is 2.17. The molecule has 3 nitrogen and oxygen atoms in total. The number of aryl methyl sites for hydroxylation is 1. The fourth-order valence-electron chi connectivity index (χ4n) is 3.08. The standard InChI is InChI=1S/C19H33NO2/c1-9-22-18-15(17(20(7)8)14(3)12-21)10-13(2)11-16(18)19(4,5)6/h10-11,14,17,21H,9,12H2,1-8H3. The second-order valence-corrected chi connectivity index (χ2v) is 7.48. The van der Waals surface area contributed by atoms with Crippen LogP contribution in [-0.4, -0.2) is 37.3 Å². The van der Waals surface area contributed by atoms with Crippen LogP contribution < -0.4 is 4.74 Å². The molecule has 3 heteroatoms. The fourth-order valence-corrected chi connectivity index (χ4v) is 3.08. The summed E-state index contributed by atoms with van der Waals surface area (Å²) in [6.45, 7) is 13.7. The lowest BCUT2D eigenvalue weighted by molar-refractivity contribution is 0.142. The van der Waals surface area contributed by atoms with Gasteiger partial charge < -0.3 is 14.7 Å². The molecule has 0 spiro atoms. The topological polar surface area (TPSA) is 32.7 Å². The molecule has 1 aromatic carbocycles. The molecule has 2 unspecified atom stereocenters. The SMILES string of the molecule is CCOc1c(C(C(C)CO)N(C)C)cc(C)cc1C(C)(C)C. The maximum Gasteiger partial charge on any atom is 0.127 e. The van der Waals surface area contributed by atoms with Gasteiger partial charge in [0.15, 0.2) is 0 Å². The first-order valence-corrected chi connectivity index (χ1v) is 8.18. The number of ether oxygens (including phenoxy) is 1. The number of hydrogen-bond acceptors (Lipinski definition) is 3. The first kappa shape index (κ1) is 19.0. The van der Waals surface area contributed by atoms with Gasteiger partial charge in [-0.05, 0) is 39.3 Å². The molecule has 2 atom stereocenters. The van der Waals surface area contributed by atoms with E-state index < -0.39 is 0 Å². The number of benzene rings is 1. The van der Waals surface area contributed by atoms with Gasteiger partial charge in [0.05, 0.1) is 6.61 Å². The van der Waals surface area contributed by atoms with E-state index in [0.29, 0.717) is 6.61 Å². The lowest BCUT2D eigenvalue weighted by Gasteiger charge is -2.34. The highest BCUT2D eigenvalue weighted by molar-refractivity contribution is 5.49. The zero-order valence-electron chi connectivity index (χ0n) is 15.5. The van der Waals surface area contributed by atoms with Gasteiger partial charge >= 0.3 is 0 Å². The molecule has 0 aliphatic rings. The first-order chi connectivity index (χ1) is 10.1. The Balaban J connectivity index is 3.59. The van der Waals surface area contributed by atoms with Crippen LogP contribution in [0, 0.1) is 12.8 Å². The minimum atomic E-state index is 0.0184. The summed E-state index contributed by atoms with van der Waals surface area (Å²) in [6.07, 6.45) is 0. The Bertz CT molecular complexity index is 489.